The van der Waals surface area contributed by atoms with Crippen LogP contribution in [0.2, 0.25) is 0 Å². The molecule has 9 heteroatoms. The van der Waals surface area contributed by atoms with E-state index in [0.717, 1.165) is 12.4 Å². The fraction of sp³-hybridized carbons (Fsp3) is 0.188. The summed E-state index contributed by atoms with van der Waals surface area (Å²) in [5.41, 5.74) is 11.6. The largest absolute Gasteiger partial charge is 0.390 e. The average molecular weight is 348 g/mol. The van der Waals surface area contributed by atoms with Crippen molar-refractivity contribution in [1.82, 2.24) is 9.78 Å². The number of hydrogen-bond acceptors (Lipinski definition) is 4. The number of aryl methyl sites for hydroxylation is 2. The summed E-state index contributed by atoms with van der Waals surface area (Å²) in [6.07, 6.45) is 2.51. The first-order chi connectivity index (χ1) is 11.9. The van der Waals surface area contributed by atoms with Crippen molar-refractivity contribution >= 4 is 28.8 Å². The maximum Gasteiger partial charge on any atom is 0.252 e. The molecule has 0 bridgehead atoms. The molecule has 0 saturated carbocycles. The summed E-state index contributed by atoms with van der Waals surface area (Å²) in [4.78, 5) is 15.3. The summed E-state index contributed by atoms with van der Waals surface area (Å²) in [7, 11) is 1.65. The molecule has 1 aromatic heterocycles. The fourth-order valence-corrected chi connectivity index (χ4v) is 2.49. The molecule has 1 heterocycles. The number of nitrogens with zero attached hydrogens (tertiary/aromatic N) is 3. The zero-order valence-corrected chi connectivity index (χ0v) is 13.8. The van der Waals surface area contributed by atoms with Gasteiger partial charge in [0.25, 0.3) is 5.91 Å². The molecule has 0 aliphatic rings. The number of halogens is 2. The highest BCUT2D eigenvalue weighted by Crippen LogP contribution is 2.27. The van der Waals surface area contributed by atoms with E-state index in [2.05, 4.69) is 15.4 Å². The van der Waals surface area contributed by atoms with Crippen molar-refractivity contribution in [3.63, 3.8) is 0 Å². The molecule has 5 N–H and O–H groups in total. The van der Waals surface area contributed by atoms with Gasteiger partial charge >= 0.3 is 0 Å². The van der Waals surface area contributed by atoms with Crippen molar-refractivity contribution in [3.05, 3.63) is 47.4 Å². The number of anilines is 1. The van der Waals surface area contributed by atoms with Gasteiger partial charge in [0.05, 0.1) is 23.9 Å². The molecule has 0 fully saturated rings. The zero-order valence-electron chi connectivity index (χ0n) is 13.8. The Morgan fingerprint density at radius 2 is 2.20 bits per heavy atom. The summed E-state index contributed by atoms with van der Waals surface area (Å²) in [5, 5.41) is 7.63. The van der Waals surface area contributed by atoms with Gasteiger partial charge in [0.15, 0.2) is 5.82 Å². The van der Waals surface area contributed by atoms with Crippen LogP contribution in [0.4, 0.5) is 14.5 Å². The van der Waals surface area contributed by atoms with Gasteiger partial charge in [-0.15, -0.1) is 0 Å². The normalized spacial score (nSPS) is 13.0. The van der Waals surface area contributed by atoms with Gasteiger partial charge in [-0.1, -0.05) is 6.92 Å². The lowest BCUT2D eigenvalue weighted by Crippen LogP contribution is -2.17. The number of benzene rings is 1. The summed E-state index contributed by atoms with van der Waals surface area (Å²) in [6, 6.07) is 2.88. The fourth-order valence-electron chi connectivity index (χ4n) is 2.49. The van der Waals surface area contributed by atoms with Crippen molar-refractivity contribution in [2.45, 2.75) is 13.3 Å². The predicted molar refractivity (Wildman–Crippen MR) is 92.8 cm³/mol. The maximum atomic E-state index is 14.5. The number of aliphatic imine (C=N–C) groups is 1. The van der Waals surface area contributed by atoms with Crippen LogP contribution >= 0.6 is 0 Å². The molecule has 2 rings (SSSR count). The number of carbonyl (C=O) groups is 1. The lowest BCUT2D eigenvalue weighted by atomic mass is 10.1. The van der Waals surface area contributed by atoms with E-state index in [9.17, 15) is 13.6 Å². The van der Waals surface area contributed by atoms with Crippen molar-refractivity contribution in [2.24, 2.45) is 23.5 Å². The Morgan fingerprint density at radius 3 is 2.76 bits per heavy atom. The molecule has 0 radical (unpaired) electrons. The average Bonchev–Trinajstić information content (AvgIpc) is 2.88. The third-order valence-corrected chi connectivity index (χ3v) is 3.52. The number of rotatable bonds is 6. The van der Waals surface area contributed by atoms with Gasteiger partial charge in [-0.2, -0.15) is 5.10 Å². The second-order valence-corrected chi connectivity index (χ2v) is 5.10. The minimum atomic E-state index is -0.917. The van der Waals surface area contributed by atoms with Gasteiger partial charge in [0.1, 0.15) is 11.3 Å². The van der Waals surface area contributed by atoms with Gasteiger partial charge in [-0.05, 0) is 24.6 Å². The van der Waals surface area contributed by atoms with Crippen LogP contribution in [-0.2, 0) is 18.3 Å². The van der Waals surface area contributed by atoms with Crippen LogP contribution in [0.15, 0.2) is 40.9 Å². The molecule has 132 valence electrons. The molecule has 0 saturated heterocycles. The van der Waals surface area contributed by atoms with Gasteiger partial charge < -0.3 is 16.8 Å². The first-order valence-electron chi connectivity index (χ1n) is 7.40. The number of amides is 1. The summed E-state index contributed by atoms with van der Waals surface area (Å²) >= 11 is 0. The molecular formula is C16H18F2N6O. The molecule has 1 amide bonds. The molecule has 0 spiro atoms. The zero-order chi connectivity index (χ0) is 18.6. The van der Waals surface area contributed by atoms with Crippen molar-refractivity contribution in [3.8, 4) is 0 Å². The first-order valence-corrected chi connectivity index (χ1v) is 7.40. The van der Waals surface area contributed by atoms with Crippen LogP contribution in [0.1, 0.15) is 12.6 Å². The van der Waals surface area contributed by atoms with Crippen LogP contribution in [0.25, 0.3) is 10.9 Å². The third-order valence-electron chi connectivity index (χ3n) is 3.52. The number of nitrogens with two attached hydrogens (primary N) is 2. The van der Waals surface area contributed by atoms with Gasteiger partial charge in [0.2, 0.25) is 0 Å². The molecule has 1 aromatic carbocycles. The minimum absolute atomic E-state index is 0.107. The number of nitrogens with one attached hydrogen (secondary N) is 1. The summed E-state index contributed by atoms with van der Waals surface area (Å²) < 4.78 is 28.4. The van der Waals surface area contributed by atoms with Crippen molar-refractivity contribution in [1.29, 1.82) is 0 Å². The number of aromatic nitrogens is 2. The standard InChI is InChI=1S/C16H18F2N6O/c1-3-13-11-6-9(7-12(18)14(11)24(2)23-13)22-16(21-8-19)10(4-5-17)15(20)25/h4-8,22H,3H2,1-2H3,(H2,19,21)(H2,20,25)/b5-4+,16-10-. The number of fused-ring (bicyclic) bond motifs is 1. The van der Waals surface area contributed by atoms with E-state index in [0.29, 0.717) is 28.7 Å². The van der Waals surface area contributed by atoms with E-state index in [1.54, 1.807) is 13.1 Å². The van der Waals surface area contributed by atoms with Gasteiger partial charge in [-0.25, -0.2) is 13.8 Å². The Hall–Kier alpha value is -3.23. The Kier molecular flexibility index (Phi) is 5.48. The molecule has 0 aliphatic carbocycles. The molecule has 25 heavy (non-hydrogen) atoms. The molecular weight excluding hydrogens is 330 g/mol. The second kappa shape index (κ2) is 7.56. The SMILES string of the molecule is CCc1nn(C)c2c(F)cc(NC(/N=C/N)=C(/C=C/F)C(N)=O)cc12. The molecule has 0 unspecified atom stereocenters. The summed E-state index contributed by atoms with van der Waals surface area (Å²) in [5.74, 6) is -1.53. The lowest BCUT2D eigenvalue weighted by Gasteiger charge is -2.10. The predicted octanol–water partition coefficient (Wildman–Crippen LogP) is 1.85. The second-order valence-electron chi connectivity index (χ2n) is 5.10. The maximum absolute atomic E-state index is 14.5. The van der Waals surface area contributed by atoms with E-state index < -0.39 is 11.7 Å². The van der Waals surface area contributed by atoms with Crippen LogP contribution in [0.5, 0.6) is 0 Å². The smallest absolute Gasteiger partial charge is 0.252 e. The van der Waals surface area contributed by atoms with E-state index in [1.807, 2.05) is 6.92 Å². The van der Waals surface area contributed by atoms with Gasteiger partial charge in [0, 0.05) is 18.1 Å². The van der Waals surface area contributed by atoms with E-state index in [-0.39, 0.29) is 17.7 Å². The van der Waals surface area contributed by atoms with E-state index in [4.69, 9.17) is 11.5 Å². The highest BCUT2D eigenvalue weighted by atomic mass is 19.1. The molecule has 0 atom stereocenters. The van der Waals surface area contributed by atoms with Crippen LogP contribution < -0.4 is 16.8 Å². The first kappa shape index (κ1) is 18.1. The topological polar surface area (TPSA) is 111 Å². The Balaban J connectivity index is 2.60. The Morgan fingerprint density at radius 1 is 1.48 bits per heavy atom. The number of hydrogen-bond donors (Lipinski definition) is 3. The molecule has 7 nitrogen and oxygen atoms in total. The Labute approximate surface area is 142 Å². The van der Waals surface area contributed by atoms with E-state index in [1.165, 1.54) is 10.7 Å². The minimum Gasteiger partial charge on any atom is -0.390 e. The molecule has 0 aliphatic heterocycles. The number of carbonyl (C=O) groups excluding carboxylic acids is 1. The van der Waals surface area contributed by atoms with E-state index >= 15 is 0 Å². The Bertz CT molecular complexity index is 898. The monoisotopic (exact) mass is 348 g/mol. The lowest BCUT2D eigenvalue weighted by molar-refractivity contribution is -0.114. The van der Waals surface area contributed by atoms with Gasteiger partial charge in [-0.3, -0.25) is 9.48 Å². The van der Waals surface area contributed by atoms with Crippen LogP contribution in [-0.4, -0.2) is 22.0 Å². The highest BCUT2D eigenvalue weighted by molar-refractivity contribution is 5.96. The van der Waals surface area contributed by atoms with Crippen molar-refractivity contribution in [2.75, 3.05) is 5.32 Å². The molecule has 2 aromatic rings. The van der Waals surface area contributed by atoms with Crippen molar-refractivity contribution < 1.29 is 13.6 Å². The number of primary amides is 1. The van der Waals surface area contributed by atoms with Crippen LogP contribution in [0.3, 0.4) is 0 Å². The summed E-state index contributed by atoms with van der Waals surface area (Å²) in [6.45, 7) is 1.90. The quantitative estimate of drug-likeness (QED) is 0.320. The third kappa shape index (κ3) is 3.65. The van der Waals surface area contributed by atoms with Crippen LogP contribution in [0, 0.1) is 5.82 Å². The highest BCUT2D eigenvalue weighted by Gasteiger charge is 2.15.